The molecule has 0 saturated carbocycles. The molecule has 0 bridgehead atoms. The highest BCUT2D eigenvalue weighted by Gasteiger charge is 2.23. The number of esters is 2. The van der Waals surface area contributed by atoms with Gasteiger partial charge in [-0.3, -0.25) is 4.79 Å². The van der Waals surface area contributed by atoms with E-state index >= 15 is 0 Å². The molecule has 0 atom stereocenters. The number of ether oxygens (including phenoxy) is 2. The lowest BCUT2D eigenvalue weighted by Gasteiger charge is -2.08. The van der Waals surface area contributed by atoms with Crippen LogP contribution in [0.25, 0.3) is 11.0 Å². The second-order valence-corrected chi connectivity index (χ2v) is 8.49. The first-order valence-electron chi connectivity index (χ1n) is 10.3. The summed E-state index contributed by atoms with van der Waals surface area (Å²) in [5, 5.41) is 10.6. The van der Waals surface area contributed by atoms with Crippen LogP contribution in [0.1, 0.15) is 55.1 Å². The van der Waals surface area contributed by atoms with Gasteiger partial charge in [0.25, 0.3) is 0 Å². The summed E-state index contributed by atoms with van der Waals surface area (Å²) in [7, 11) is 0. The van der Waals surface area contributed by atoms with E-state index in [1.807, 2.05) is 6.07 Å². The van der Waals surface area contributed by atoms with Crippen LogP contribution in [0.4, 0.5) is 0 Å². The quantitative estimate of drug-likeness (QED) is 0.258. The highest BCUT2D eigenvalue weighted by molar-refractivity contribution is 7.98. The Bertz CT molecular complexity index is 1190. The number of fused-ring (bicyclic) bond motifs is 1. The molecule has 1 aromatic carbocycles. The monoisotopic (exact) mass is 452 g/mol. The molecular weight excluding hydrogens is 428 g/mol. The molecule has 3 rings (SSSR count). The average molecular weight is 453 g/mol. The van der Waals surface area contributed by atoms with Crippen molar-refractivity contribution in [2.45, 2.75) is 44.9 Å². The predicted octanol–water partition coefficient (Wildman–Crippen LogP) is 5.29. The highest BCUT2D eigenvalue weighted by Crippen LogP contribution is 2.34. The Balaban J connectivity index is 1.98. The smallest absolute Gasteiger partial charge is 0.342 e. The van der Waals surface area contributed by atoms with Crippen molar-refractivity contribution in [2.24, 2.45) is 5.92 Å². The first-order chi connectivity index (χ1) is 15.3. The average Bonchev–Trinajstić information content (AvgIpc) is 3.09. The van der Waals surface area contributed by atoms with Gasteiger partial charge < -0.3 is 13.9 Å². The van der Waals surface area contributed by atoms with Gasteiger partial charge in [-0.1, -0.05) is 25.6 Å². The van der Waals surface area contributed by atoms with Crippen LogP contribution in [-0.4, -0.2) is 23.5 Å². The Labute approximate surface area is 190 Å². The second-order valence-electron chi connectivity index (χ2n) is 7.53. The number of aromatic nitrogens is 1. The Morgan fingerprint density at radius 2 is 2.03 bits per heavy atom. The number of hydrogen-bond donors (Lipinski definition) is 0. The van der Waals surface area contributed by atoms with Crippen LogP contribution < -0.4 is 4.74 Å². The first kappa shape index (κ1) is 23.4. The number of benzene rings is 1. The fourth-order valence-electron chi connectivity index (χ4n) is 3.23. The fourth-order valence-corrected chi connectivity index (χ4v) is 4.15. The molecule has 7 nitrogen and oxygen atoms in total. The highest BCUT2D eigenvalue weighted by atomic mass is 32.2. The minimum Gasteiger partial charge on any atom is -0.462 e. The molecule has 0 aliphatic rings. The van der Waals surface area contributed by atoms with Crippen LogP contribution in [0.5, 0.6) is 5.75 Å². The summed E-state index contributed by atoms with van der Waals surface area (Å²) in [5.41, 5.74) is 2.12. The van der Waals surface area contributed by atoms with E-state index in [0.717, 1.165) is 12.1 Å². The number of pyridine rings is 1. The zero-order chi connectivity index (χ0) is 23.3. The molecule has 166 valence electrons. The molecule has 0 aliphatic heterocycles. The molecule has 0 saturated heterocycles. The van der Waals surface area contributed by atoms with Crippen molar-refractivity contribution in [3.05, 3.63) is 52.9 Å². The van der Waals surface area contributed by atoms with E-state index in [1.54, 1.807) is 31.2 Å². The normalized spacial score (nSPS) is 10.9. The number of furan rings is 1. The van der Waals surface area contributed by atoms with Crippen LogP contribution in [0.2, 0.25) is 0 Å². The van der Waals surface area contributed by atoms with E-state index in [4.69, 9.17) is 13.9 Å². The summed E-state index contributed by atoms with van der Waals surface area (Å²) >= 11 is 1.33. The standard InChI is InChI=1S/C24H24N2O5S/c1-5-29-24(28)22-19-11-18(30-15(4)27)8-9-20(19)31-21(22)13-32-23-16(12-25)6-7-17(26-23)10-14(2)3/h6-9,11,14H,5,10,13H2,1-4H3. The van der Waals surface area contributed by atoms with Gasteiger partial charge in [-0.15, -0.1) is 0 Å². The molecule has 2 heterocycles. The van der Waals surface area contributed by atoms with Gasteiger partial charge in [0.2, 0.25) is 0 Å². The maximum atomic E-state index is 12.7. The molecule has 0 fully saturated rings. The summed E-state index contributed by atoms with van der Waals surface area (Å²) in [6, 6.07) is 10.6. The van der Waals surface area contributed by atoms with Crippen molar-refractivity contribution in [2.75, 3.05) is 6.61 Å². The second kappa shape index (κ2) is 10.3. The number of carbonyl (C=O) groups excluding carboxylic acids is 2. The van der Waals surface area contributed by atoms with Gasteiger partial charge in [0.1, 0.15) is 33.8 Å². The number of thioether (sulfide) groups is 1. The van der Waals surface area contributed by atoms with Crippen LogP contribution in [0.3, 0.4) is 0 Å². The Morgan fingerprint density at radius 3 is 2.69 bits per heavy atom. The third kappa shape index (κ3) is 5.48. The van der Waals surface area contributed by atoms with Gasteiger partial charge in [0, 0.05) is 18.0 Å². The molecule has 8 heteroatoms. The van der Waals surface area contributed by atoms with Crippen LogP contribution in [0.15, 0.2) is 39.8 Å². The lowest BCUT2D eigenvalue weighted by molar-refractivity contribution is -0.131. The number of hydrogen-bond acceptors (Lipinski definition) is 8. The Morgan fingerprint density at radius 1 is 1.25 bits per heavy atom. The van der Waals surface area contributed by atoms with E-state index in [1.165, 1.54) is 18.7 Å². The third-order valence-electron chi connectivity index (χ3n) is 4.47. The molecule has 3 aromatic rings. The molecule has 0 spiro atoms. The van der Waals surface area contributed by atoms with Crippen molar-refractivity contribution in [3.63, 3.8) is 0 Å². The molecular formula is C24H24N2O5S. The van der Waals surface area contributed by atoms with Crippen LogP contribution >= 0.6 is 11.8 Å². The summed E-state index contributed by atoms with van der Waals surface area (Å²) in [6.07, 6.45) is 0.802. The van der Waals surface area contributed by atoms with Crippen LogP contribution in [0, 0.1) is 17.2 Å². The Hall–Kier alpha value is -3.31. The molecule has 2 aromatic heterocycles. The van der Waals surface area contributed by atoms with E-state index < -0.39 is 11.9 Å². The molecule has 0 radical (unpaired) electrons. The van der Waals surface area contributed by atoms with Gasteiger partial charge in [-0.25, -0.2) is 9.78 Å². The molecule has 0 amide bonds. The van der Waals surface area contributed by atoms with Crippen molar-refractivity contribution in [3.8, 4) is 11.8 Å². The molecule has 0 unspecified atom stereocenters. The number of nitriles is 1. The van der Waals surface area contributed by atoms with E-state index in [9.17, 15) is 14.9 Å². The molecule has 32 heavy (non-hydrogen) atoms. The third-order valence-corrected chi connectivity index (χ3v) is 5.46. The summed E-state index contributed by atoms with van der Waals surface area (Å²) in [4.78, 5) is 28.7. The van der Waals surface area contributed by atoms with Crippen molar-refractivity contribution in [1.29, 1.82) is 5.26 Å². The summed E-state index contributed by atoms with van der Waals surface area (Å²) < 4.78 is 16.3. The zero-order valence-electron chi connectivity index (χ0n) is 18.4. The van der Waals surface area contributed by atoms with Gasteiger partial charge >= 0.3 is 11.9 Å². The van der Waals surface area contributed by atoms with Crippen molar-refractivity contribution >= 4 is 34.7 Å². The minimum atomic E-state index is -0.524. The zero-order valence-corrected chi connectivity index (χ0v) is 19.2. The maximum Gasteiger partial charge on any atom is 0.342 e. The summed E-state index contributed by atoms with van der Waals surface area (Å²) in [6.45, 7) is 7.45. The SMILES string of the molecule is CCOC(=O)c1c(CSc2nc(CC(C)C)ccc2C#N)oc2ccc(OC(C)=O)cc12. The maximum absolute atomic E-state index is 12.7. The van der Waals surface area contributed by atoms with Gasteiger partial charge in [-0.05, 0) is 49.6 Å². The number of carbonyl (C=O) groups is 2. The van der Waals surface area contributed by atoms with Gasteiger partial charge in [0.05, 0.1) is 17.9 Å². The lowest BCUT2D eigenvalue weighted by atomic mass is 10.1. The molecule has 0 N–H and O–H groups in total. The fraction of sp³-hybridized carbons (Fsp3) is 0.333. The minimum absolute atomic E-state index is 0.207. The van der Waals surface area contributed by atoms with Crippen molar-refractivity contribution < 1.29 is 23.5 Å². The largest absolute Gasteiger partial charge is 0.462 e. The van der Waals surface area contributed by atoms with Crippen LogP contribution in [-0.2, 0) is 21.7 Å². The topological polar surface area (TPSA) is 102 Å². The van der Waals surface area contributed by atoms with Crippen molar-refractivity contribution in [1.82, 2.24) is 4.98 Å². The first-order valence-corrected chi connectivity index (χ1v) is 11.2. The van der Waals surface area contributed by atoms with Gasteiger partial charge in [-0.2, -0.15) is 5.26 Å². The summed E-state index contributed by atoms with van der Waals surface area (Å²) in [5.74, 6) is 0.444. The molecule has 0 aliphatic carbocycles. The van der Waals surface area contributed by atoms with E-state index in [0.29, 0.717) is 39.0 Å². The Kier molecular flexibility index (Phi) is 7.54. The van der Waals surface area contributed by atoms with Gasteiger partial charge in [0.15, 0.2) is 0 Å². The predicted molar refractivity (Wildman–Crippen MR) is 121 cm³/mol. The lowest BCUT2D eigenvalue weighted by Crippen LogP contribution is -2.07. The van der Waals surface area contributed by atoms with E-state index in [-0.39, 0.29) is 17.9 Å². The number of rotatable bonds is 8. The van der Waals surface area contributed by atoms with E-state index in [2.05, 4.69) is 24.9 Å². The number of nitrogens with zero attached hydrogens (tertiary/aromatic N) is 2.